The second kappa shape index (κ2) is 39.6. The van der Waals surface area contributed by atoms with E-state index in [1.807, 2.05) is 6.07 Å². The molecule has 0 rings (SSSR count). The van der Waals surface area contributed by atoms with Crippen molar-refractivity contribution in [3.63, 3.8) is 0 Å². The highest BCUT2D eigenvalue weighted by Gasteiger charge is 1.60. The fraction of sp³-hybridized carbons (Fsp3) is 0.571. The molecule has 4 heteroatoms. The third-order valence-electron chi connectivity index (χ3n) is 0.256. The standard InChI is InChI=1S/C3H6N2.2C2H3N/c1-5-3-2-4;2*1-2-3/h5H,3H2,1H3;2*1H3. The first-order valence-electron chi connectivity index (χ1n) is 2.88. The van der Waals surface area contributed by atoms with Crippen LogP contribution >= 0.6 is 0 Å². The van der Waals surface area contributed by atoms with Crippen molar-refractivity contribution in [3.8, 4) is 18.2 Å². The summed E-state index contributed by atoms with van der Waals surface area (Å²) in [7, 11) is 1.74. The summed E-state index contributed by atoms with van der Waals surface area (Å²) in [4.78, 5) is 0. The van der Waals surface area contributed by atoms with Gasteiger partial charge in [-0.2, -0.15) is 15.8 Å². The first kappa shape index (κ1) is 16.2. The monoisotopic (exact) mass is 152 g/mol. The molecule has 0 aromatic heterocycles. The molecule has 0 bridgehead atoms. The van der Waals surface area contributed by atoms with Crippen molar-refractivity contribution < 1.29 is 0 Å². The topological polar surface area (TPSA) is 83.4 Å². The van der Waals surface area contributed by atoms with Crippen LogP contribution < -0.4 is 5.32 Å². The van der Waals surface area contributed by atoms with Gasteiger partial charge in [0.15, 0.2) is 0 Å². The first-order chi connectivity index (χ1) is 5.24. The maximum absolute atomic E-state index is 7.75. The van der Waals surface area contributed by atoms with Crippen LogP contribution in [-0.2, 0) is 0 Å². The van der Waals surface area contributed by atoms with Gasteiger partial charge in [-0.3, -0.25) is 0 Å². The molecule has 0 amide bonds. The van der Waals surface area contributed by atoms with Crippen LogP contribution in [0.25, 0.3) is 0 Å². The van der Waals surface area contributed by atoms with Crippen LogP contribution in [0.15, 0.2) is 0 Å². The van der Waals surface area contributed by atoms with Crippen LogP contribution in [0.4, 0.5) is 0 Å². The van der Waals surface area contributed by atoms with E-state index in [-0.39, 0.29) is 0 Å². The van der Waals surface area contributed by atoms with Crippen LogP contribution in [0.5, 0.6) is 0 Å². The number of hydrogen-bond donors (Lipinski definition) is 1. The molecule has 0 saturated heterocycles. The number of nitrogens with one attached hydrogen (secondary N) is 1. The SMILES string of the molecule is CC#N.CC#N.CNCC#N. The molecule has 0 aliphatic rings. The Morgan fingerprint density at radius 2 is 1.36 bits per heavy atom. The second-order valence-electron chi connectivity index (χ2n) is 1.14. The molecule has 0 aromatic carbocycles. The highest BCUT2D eigenvalue weighted by molar-refractivity contribution is 4.69. The lowest BCUT2D eigenvalue weighted by Crippen LogP contribution is -2.03. The summed E-state index contributed by atoms with van der Waals surface area (Å²) >= 11 is 0. The molecule has 60 valence electrons. The third-order valence-corrected chi connectivity index (χ3v) is 0.256. The summed E-state index contributed by atoms with van der Waals surface area (Å²) < 4.78 is 0. The zero-order valence-electron chi connectivity index (χ0n) is 7.05. The predicted molar refractivity (Wildman–Crippen MR) is 42.1 cm³/mol. The lowest BCUT2D eigenvalue weighted by Gasteiger charge is -1.73. The molecule has 0 aromatic rings. The molecule has 11 heavy (non-hydrogen) atoms. The molecule has 0 spiro atoms. The van der Waals surface area contributed by atoms with Crippen molar-refractivity contribution in [2.24, 2.45) is 0 Å². The Morgan fingerprint density at radius 1 is 1.09 bits per heavy atom. The Labute approximate surface area is 67.7 Å². The minimum Gasteiger partial charge on any atom is -0.308 e. The fourth-order valence-electron chi connectivity index (χ4n) is 0.0791. The Kier molecular flexibility index (Phi) is 58.3. The number of hydrogen-bond acceptors (Lipinski definition) is 4. The van der Waals surface area contributed by atoms with Gasteiger partial charge in [0, 0.05) is 13.8 Å². The number of nitriles is 3. The van der Waals surface area contributed by atoms with Crippen molar-refractivity contribution in [2.75, 3.05) is 13.6 Å². The summed E-state index contributed by atoms with van der Waals surface area (Å²) in [6.07, 6.45) is 0. The molecule has 0 heterocycles. The maximum atomic E-state index is 7.75. The van der Waals surface area contributed by atoms with E-state index in [1.54, 1.807) is 19.2 Å². The van der Waals surface area contributed by atoms with Crippen molar-refractivity contribution >= 4 is 0 Å². The third kappa shape index (κ3) is 1890. The van der Waals surface area contributed by atoms with E-state index in [0.29, 0.717) is 6.54 Å². The van der Waals surface area contributed by atoms with Gasteiger partial charge in [0.05, 0.1) is 24.8 Å². The fourth-order valence-corrected chi connectivity index (χ4v) is 0.0791. The number of nitrogens with zero attached hydrogens (tertiary/aromatic N) is 3. The molecule has 0 aliphatic carbocycles. The van der Waals surface area contributed by atoms with Gasteiger partial charge in [0.25, 0.3) is 0 Å². The van der Waals surface area contributed by atoms with E-state index in [1.165, 1.54) is 13.8 Å². The Balaban J connectivity index is -0.0000000933. The van der Waals surface area contributed by atoms with Crippen LogP contribution in [0, 0.1) is 34.0 Å². The van der Waals surface area contributed by atoms with Crippen LogP contribution in [0.1, 0.15) is 13.8 Å². The van der Waals surface area contributed by atoms with Gasteiger partial charge < -0.3 is 5.32 Å². The molecule has 0 radical (unpaired) electrons. The summed E-state index contributed by atoms with van der Waals surface area (Å²) in [5, 5.41) is 25.0. The molecular formula is C7H12N4. The summed E-state index contributed by atoms with van der Waals surface area (Å²) in [6.45, 7) is 3.31. The molecular weight excluding hydrogens is 140 g/mol. The maximum Gasteiger partial charge on any atom is 0.0838 e. The van der Waals surface area contributed by atoms with Gasteiger partial charge in [-0.05, 0) is 7.05 Å². The van der Waals surface area contributed by atoms with E-state index in [0.717, 1.165) is 0 Å². The summed E-state index contributed by atoms with van der Waals surface area (Å²) in [5.41, 5.74) is 0. The molecule has 0 unspecified atom stereocenters. The normalized spacial score (nSPS) is 4.36. The molecule has 0 aliphatic heterocycles. The molecule has 1 N–H and O–H groups in total. The van der Waals surface area contributed by atoms with Crippen LogP contribution in [0.3, 0.4) is 0 Å². The highest BCUT2D eigenvalue weighted by Crippen LogP contribution is 1.38. The second-order valence-corrected chi connectivity index (χ2v) is 1.14. The number of rotatable bonds is 1. The Morgan fingerprint density at radius 3 is 1.36 bits per heavy atom. The van der Waals surface area contributed by atoms with Crippen LogP contribution in [-0.4, -0.2) is 13.6 Å². The average molecular weight is 152 g/mol. The minimum absolute atomic E-state index is 0.444. The lowest BCUT2D eigenvalue weighted by molar-refractivity contribution is 0.928. The Bertz CT molecular complexity index is 143. The predicted octanol–water partition coefficient (Wildman–Crippen LogP) is 0.789. The molecule has 0 saturated carbocycles. The zero-order chi connectivity index (χ0) is 9.54. The van der Waals surface area contributed by atoms with E-state index in [4.69, 9.17) is 15.8 Å². The molecule has 0 fully saturated rings. The summed E-state index contributed by atoms with van der Waals surface area (Å²) in [6, 6.07) is 5.41. The van der Waals surface area contributed by atoms with Gasteiger partial charge in [-0.1, -0.05) is 0 Å². The van der Waals surface area contributed by atoms with Crippen molar-refractivity contribution in [1.82, 2.24) is 5.32 Å². The van der Waals surface area contributed by atoms with Crippen LogP contribution in [0.2, 0.25) is 0 Å². The van der Waals surface area contributed by atoms with Crippen molar-refractivity contribution in [1.29, 1.82) is 15.8 Å². The first-order valence-corrected chi connectivity index (χ1v) is 2.88. The van der Waals surface area contributed by atoms with Gasteiger partial charge in [-0.25, -0.2) is 0 Å². The van der Waals surface area contributed by atoms with E-state index >= 15 is 0 Å². The molecule has 4 nitrogen and oxygen atoms in total. The van der Waals surface area contributed by atoms with Crippen molar-refractivity contribution in [3.05, 3.63) is 0 Å². The smallest absolute Gasteiger partial charge is 0.0838 e. The minimum atomic E-state index is 0.444. The highest BCUT2D eigenvalue weighted by atomic mass is 14.8. The van der Waals surface area contributed by atoms with E-state index < -0.39 is 0 Å². The lowest BCUT2D eigenvalue weighted by atomic mass is 10.7. The van der Waals surface area contributed by atoms with E-state index in [9.17, 15) is 0 Å². The van der Waals surface area contributed by atoms with Gasteiger partial charge in [-0.15, -0.1) is 0 Å². The van der Waals surface area contributed by atoms with Gasteiger partial charge in [0.1, 0.15) is 0 Å². The quantitative estimate of drug-likeness (QED) is 0.563. The van der Waals surface area contributed by atoms with E-state index in [2.05, 4.69) is 5.32 Å². The zero-order valence-corrected chi connectivity index (χ0v) is 7.05. The van der Waals surface area contributed by atoms with Gasteiger partial charge >= 0.3 is 0 Å². The Hall–Kier alpha value is -1.57. The van der Waals surface area contributed by atoms with Gasteiger partial charge in [0.2, 0.25) is 0 Å². The largest absolute Gasteiger partial charge is 0.308 e. The molecule has 0 atom stereocenters. The van der Waals surface area contributed by atoms with Crippen molar-refractivity contribution in [2.45, 2.75) is 13.8 Å². The summed E-state index contributed by atoms with van der Waals surface area (Å²) in [5.74, 6) is 0. The average Bonchev–Trinajstić information content (AvgIpc) is 1.92.